The van der Waals surface area contributed by atoms with E-state index >= 15 is 0 Å². The maximum Gasteiger partial charge on any atom is 0.186 e. The number of phenolic OH excluding ortho intramolecular Hbond substituents is 2. The monoisotopic (exact) mass is 522 g/mol. The molecule has 0 aromatic heterocycles. The van der Waals surface area contributed by atoms with E-state index in [1.807, 2.05) is 0 Å². The van der Waals surface area contributed by atoms with Gasteiger partial charge in [0.05, 0.1) is 34.0 Å². The number of phenols is 2. The molecule has 0 saturated carbocycles. The normalized spacial score (nSPS) is 24.8. The molecule has 11 nitrogen and oxygen atoms in total. The first-order chi connectivity index (χ1) is 17.7. The van der Waals surface area contributed by atoms with Gasteiger partial charge >= 0.3 is 0 Å². The quantitative estimate of drug-likeness (QED) is 0.215. The standard InChI is InChI=1S/C26H34O11/c1-34-19-10-15(5-6-18(19)29)8-16(13-36-26-25(33)24(32)23(31)21(12-28)37-26)17-9-14(4-3-7-27)11-20(35-2)22(17)30/h3-6,9-11,16,21,23-33H,7-8,12-13H2,1-2H3/t16-,21-,23+,24+,25-,26-/m0/s1. The third kappa shape index (κ3) is 6.70. The van der Waals surface area contributed by atoms with Gasteiger partial charge in [-0.05, 0) is 41.8 Å². The van der Waals surface area contributed by atoms with Crippen molar-refractivity contribution in [3.63, 3.8) is 0 Å². The summed E-state index contributed by atoms with van der Waals surface area (Å²) in [6.45, 7) is -0.913. The first kappa shape index (κ1) is 28.7. The summed E-state index contributed by atoms with van der Waals surface area (Å²) < 4.78 is 21.8. The molecule has 1 saturated heterocycles. The molecule has 2 aromatic rings. The number of aromatic hydroxyl groups is 2. The number of aliphatic hydroxyl groups excluding tert-OH is 5. The van der Waals surface area contributed by atoms with Gasteiger partial charge in [-0.25, -0.2) is 0 Å². The maximum atomic E-state index is 11.0. The van der Waals surface area contributed by atoms with Crippen LogP contribution in [0.5, 0.6) is 23.0 Å². The second kappa shape index (κ2) is 13.1. The first-order valence-corrected chi connectivity index (χ1v) is 11.7. The zero-order valence-corrected chi connectivity index (χ0v) is 20.6. The smallest absolute Gasteiger partial charge is 0.186 e. The topological polar surface area (TPSA) is 179 Å². The van der Waals surface area contributed by atoms with Gasteiger partial charge in [-0.3, -0.25) is 0 Å². The van der Waals surface area contributed by atoms with Crippen LogP contribution in [0.1, 0.15) is 22.6 Å². The van der Waals surface area contributed by atoms with Crippen LogP contribution in [0.15, 0.2) is 36.4 Å². The van der Waals surface area contributed by atoms with Crippen LogP contribution in [0.3, 0.4) is 0 Å². The molecule has 1 aliphatic heterocycles. The van der Waals surface area contributed by atoms with E-state index in [4.69, 9.17) is 18.9 Å². The lowest BCUT2D eigenvalue weighted by molar-refractivity contribution is -0.301. The lowest BCUT2D eigenvalue weighted by atomic mass is 9.90. The van der Waals surface area contributed by atoms with Gasteiger partial charge in [0.15, 0.2) is 29.3 Å². The molecule has 11 heteroatoms. The molecule has 0 radical (unpaired) electrons. The number of ether oxygens (including phenoxy) is 4. The summed E-state index contributed by atoms with van der Waals surface area (Å²) in [7, 11) is 2.83. The second-order valence-corrected chi connectivity index (χ2v) is 8.68. The first-order valence-electron chi connectivity index (χ1n) is 11.7. The Hall–Kier alpha value is -2.90. The zero-order chi connectivity index (χ0) is 27.1. The fourth-order valence-electron chi connectivity index (χ4n) is 4.21. The highest BCUT2D eigenvalue weighted by molar-refractivity contribution is 5.60. The molecule has 0 amide bonds. The average molecular weight is 523 g/mol. The van der Waals surface area contributed by atoms with Crippen LogP contribution in [0.4, 0.5) is 0 Å². The Morgan fingerprint density at radius 1 is 0.946 bits per heavy atom. The molecule has 37 heavy (non-hydrogen) atoms. The summed E-state index contributed by atoms with van der Waals surface area (Å²) in [6, 6.07) is 8.10. The van der Waals surface area contributed by atoms with Crippen LogP contribution in [0.2, 0.25) is 0 Å². The van der Waals surface area contributed by atoms with Crippen LogP contribution >= 0.6 is 0 Å². The molecule has 6 atom stereocenters. The Balaban J connectivity index is 1.97. The molecule has 1 aliphatic rings. The summed E-state index contributed by atoms with van der Waals surface area (Å²) in [5.74, 6) is -0.306. The van der Waals surface area contributed by atoms with Crippen molar-refractivity contribution in [2.45, 2.75) is 43.0 Å². The number of hydrogen-bond acceptors (Lipinski definition) is 11. The number of benzene rings is 2. The van der Waals surface area contributed by atoms with E-state index in [0.29, 0.717) is 11.1 Å². The van der Waals surface area contributed by atoms with Gasteiger partial charge in [-0.1, -0.05) is 18.2 Å². The third-order valence-corrected chi connectivity index (χ3v) is 6.24. The molecule has 0 bridgehead atoms. The maximum absolute atomic E-state index is 11.0. The van der Waals surface area contributed by atoms with Crippen LogP contribution in [0, 0.1) is 0 Å². The molecule has 1 fully saturated rings. The van der Waals surface area contributed by atoms with Crippen molar-refractivity contribution in [2.24, 2.45) is 0 Å². The van der Waals surface area contributed by atoms with Crippen molar-refractivity contribution >= 4 is 6.08 Å². The minimum absolute atomic E-state index is 0.0407. The van der Waals surface area contributed by atoms with Gasteiger partial charge in [0.2, 0.25) is 0 Å². The van der Waals surface area contributed by atoms with Crippen LogP contribution in [-0.4, -0.2) is 100 Å². The van der Waals surface area contributed by atoms with E-state index in [1.54, 1.807) is 30.3 Å². The van der Waals surface area contributed by atoms with Crippen molar-refractivity contribution in [3.05, 3.63) is 53.1 Å². The summed E-state index contributed by atoms with van der Waals surface area (Å²) in [6.07, 6.45) is -3.76. The number of rotatable bonds is 11. The van der Waals surface area contributed by atoms with Gasteiger partial charge in [-0.15, -0.1) is 0 Å². The molecular formula is C26H34O11. The third-order valence-electron chi connectivity index (χ3n) is 6.24. The summed E-state index contributed by atoms with van der Waals surface area (Å²) in [5, 5.41) is 70.1. The fourth-order valence-corrected chi connectivity index (χ4v) is 4.21. The van der Waals surface area contributed by atoms with Crippen LogP contribution in [-0.2, 0) is 15.9 Å². The lowest BCUT2D eigenvalue weighted by Gasteiger charge is -2.40. The summed E-state index contributed by atoms with van der Waals surface area (Å²) in [4.78, 5) is 0. The van der Waals surface area contributed by atoms with Gasteiger partial charge in [-0.2, -0.15) is 0 Å². The molecule has 1 heterocycles. The van der Waals surface area contributed by atoms with Crippen molar-refractivity contribution in [1.29, 1.82) is 0 Å². The van der Waals surface area contributed by atoms with Gasteiger partial charge in [0.25, 0.3) is 0 Å². The molecule has 2 aromatic carbocycles. The molecular weight excluding hydrogens is 488 g/mol. The van der Waals surface area contributed by atoms with Gasteiger partial charge < -0.3 is 54.7 Å². The molecule has 0 spiro atoms. The summed E-state index contributed by atoms with van der Waals surface area (Å²) in [5.41, 5.74) is 1.79. The molecule has 7 N–H and O–H groups in total. The van der Waals surface area contributed by atoms with Crippen molar-refractivity contribution in [2.75, 3.05) is 34.0 Å². The van der Waals surface area contributed by atoms with E-state index < -0.39 is 43.2 Å². The lowest BCUT2D eigenvalue weighted by Crippen LogP contribution is -2.59. The average Bonchev–Trinajstić information content (AvgIpc) is 2.90. The highest BCUT2D eigenvalue weighted by atomic mass is 16.7. The Morgan fingerprint density at radius 2 is 1.68 bits per heavy atom. The number of aliphatic hydroxyl groups is 5. The predicted octanol–water partition coefficient (Wildman–Crippen LogP) is 0.263. The van der Waals surface area contributed by atoms with Crippen molar-refractivity contribution in [3.8, 4) is 23.0 Å². The molecule has 0 aliphatic carbocycles. The number of methoxy groups -OCH3 is 2. The minimum atomic E-state index is -1.60. The van der Waals surface area contributed by atoms with Crippen LogP contribution in [0.25, 0.3) is 6.08 Å². The Morgan fingerprint density at radius 3 is 2.32 bits per heavy atom. The molecule has 204 valence electrons. The van der Waals surface area contributed by atoms with E-state index in [1.165, 1.54) is 26.4 Å². The highest BCUT2D eigenvalue weighted by Crippen LogP contribution is 2.39. The molecule has 0 unspecified atom stereocenters. The highest BCUT2D eigenvalue weighted by Gasteiger charge is 2.44. The molecule has 3 rings (SSSR count). The predicted molar refractivity (Wildman–Crippen MR) is 132 cm³/mol. The van der Waals surface area contributed by atoms with Crippen molar-refractivity contribution < 1.29 is 54.7 Å². The minimum Gasteiger partial charge on any atom is -0.504 e. The second-order valence-electron chi connectivity index (χ2n) is 8.68. The summed E-state index contributed by atoms with van der Waals surface area (Å²) >= 11 is 0. The van der Waals surface area contributed by atoms with Gasteiger partial charge in [0, 0.05) is 11.5 Å². The number of hydrogen-bond donors (Lipinski definition) is 7. The van der Waals surface area contributed by atoms with Gasteiger partial charge in [0.1, 0.15) is 24.4 Å². The Kier molecular flexibility index (Phi) is 10.1. The Labute approximate surface area is 214 Å². The zero-order valence-electron chi connectivity index (χ0n) is 20.6. The fraction of sp³-hybridized carbons (Fsp3) is 0.462. The SMILES string of the molecule is COc1cc(C[C@@H](CO[C@H]2O[C@@H](CO)[C@@H](O)[C@@H](O)[C@@H]2O)c2cc(C=CCO)cc(OC)c2O)ccc1O. The van der Waals surface area contributed by atoms with E-state index in [9.17, 15) is 35.7 Å². The van der Waals surface area contributed by atoms with Crippen LogP contribution < -0.4 is 9.47 Å². The van der Waals surface area contributed by atoms with Crippen molar-refractivity contribution in [1.82, 2.24) is 0 Å². The van der Waals surface area contributed by atoms with E-state index in [-0.39, 0.29) is 42.6 Å². The largest absolute Gasteiger partial charge is 0.504 e. The van der Waals surface area contributed by atoms with E-state index in [2.05, 4.69) is 0 Å². The Bertz CT molecular complexity index is 1060. The van der Waals surface area contributed by atoms with E-state index in [0.717, 1.165) is 5.56 Å².